The molecule has 0 radical (unpaired) electrons. The van der Waals surface area contributed by atoms with Gasteiger partial charge in [-0.15, -0.1) is 4.79 Å². The van der Waals surface area contributed by atoms with E-state index in [1.807, 2.05) is 0 Å². The van der Waals surface area contributed by atoms with E-state index in [2.05, 4.69) is 120 Å². The molecule has 2 aromatic carbocycles. The van der Waals surface area contributed by atoms with Crippen molar-refractivity contribution in [2.75, 3.05) is 0 Å². The van der Waals surface area contributed by atoms with Gasteiger partial charge in [0.25, 0.3) is 5.87 Å². The Morgan fingerprint density at radius 2 is 1.03 bits per heavy atom. The SMILES string of the molecule is CCCCCCCCCCCCCC=CCCc1ccccc1C(=C(C)C=C=[N+]=[N-])c1cccc(CCCC)c1.[CH2-]CCCCCCCC.[CH2-]CCCCCCCC.[Ni+2]. The van der Waals surface area contributed by atoms with Gasteiger partial charge in [-0.05, 0) is 78.8 Å². The number of unbranched alkanes of at least 4 members (excludes halogenated alkanes) is 24. The number of hydrogen-bond acceptors (Lipinski definition) is 0. The molecular weight excluding hydrogens is 759 g/mol. The van der Waals surface area contributed by atoms with E-state index in [1.165, 1.54) is 195 Å². The predicted octanol–water partition coefficient (Wildman–Crippen LogP) is 18.6. The molecule has 0 aliphatic carbocycles. The minimum atomic E-state index is 0. The maximum atomic E-state index is 8.99. The fraction of sp³-hybridized carbons (Fsp3) is 0.643. The maximum absolute atomic E-state index is 8.99. The topological polar surface area (TPSA) is 36.4 Å². The minimum Gasteiger partial charge on any atom is -0.348 e. The number of benzene rings is 2. The van der Waals surface area contributed by atoms with Gasteiger partial charge in [0.05, 0.1) is 6.08 Å². The summed E-state index contributed by atoms with van der Waals surface area (Å²) >= 11 is 0. The summed E-state index contributed by atoms with van der Waals surface area (Å²) in [5.74, 6) is 2.62. The molecule has 0 amide bonds. The van der Waals surface area contributed by atoms with Crippen molar-refractivity contribution in [2.45, 2.75) is 234 Å². The molecule has 0 unspecified atom stereocenters. The molecule has 2 nitrogen and oxygen atoms in total. The quantitative estimate of drug-likeness (QED) is 0.0100. The summed E-state index contributed by atoms with van der Waals surface area (Å²) in [5.41, 5.74) is 16.4. The monoisotopic (exact) mass is 851 g/mol. The van der Waals surface area contributed by atoms with Crippen LogP contribution in [0, 0.1) is 13.8 Å². The van der Waals surface area contributed by atoms with E-state index in [-0.39, 0.29) is 16.5 Å². The summed E-state index contributed by atoms with van der Waals surface area (Å²) in [4.78, 5) is 3.10. The molecule has 0 N–H and O–H groups in total. The van der Waals surface area contributed by atoms with Gasteiger partial charge in [0.2, 0.25) is 0 Å². The number of nitrogens with zero attached hydrogens (tertiary/aromatic N) is 2. The zero-order chi connectivity index (χ0) is 42.6. The van der Waals surface area contributed by atoms with Crippen LogP contribution in [0.1, 0.15) is 243 Å². The van der Waals surface area contributed by atoms with E-state index in [9.17, 15) is 0 Å². The van der Waals surface area contributed by atoms with Crippen LogP contribution in [0.5, 0.6) is 0 Å². The molecular formula is C56H92N2Ni. The minimum absolute atomic E-state index is 0. The summed E-state index contributed by atoms with van der Waals surface area (Å²) in [6, 6.07) is 17.7. The van der Waals surface area contributed by atoms with Crippen LogP contribution in [-0.2, 0) is 29.3 Å². The average molecular weight is 852 g/mol. The average Bonchev–Trinajstić information content (AvgIpc) is 3.24. The second kappa shape index (κ2) is 46.6. The van der Waals surface area contributed by atoms with E-state index in [4.69, 9.17) is 5.53 Å². The van der Waals surface area contributed by atoms with Crippen molar-refractivity contribution < 1.29 is 21.3 Å². The van der Waals surface area contributed by atoms with E-state index in [0.717, 1.165) is 37.7 Å². The molecule has 2 rings (SSSR count). The maximum Gasteiger partial charge on any atom is 2.00 e. The summed E-state index contributed by atoms with van der Waals surface area (Å²) in [5, 5.41) is 0. The Hall–Kier alpha value is -2.43. The molecule has 0 spiro atoms. The van der Waals surface area contributed by atoms with Crippen LogP contribution >= 0.6 is 0 Å². The molecule has 0 aliphatic rings. The van der Waals surface area contributed by atoms with Crippen LogP contribution in [0.25, 0.3) is 11.1 Å². The molecule has 0 aromatic heterocycles. The summed E-state index contributed by atoms with van der Waals surface area (Å²) in [6.07, 6.45) is 47.5. The zero-order valence-electron chi connectivity index (χ0n) is 39.4. The Labute approximate surface area is 378 Å². The van der Waals surface area contributed by atoms with Crippen LogP contribution in [0.4, 0.5) is 0 Å². The van der Waals surface area contributed by atoms with Crippen molar-refractivity contribution in [3.05, 3.63) is 114 Å². The van der Waals surface area contributed by atoms with Crippen molar-refractivity contribution in [1.29, 1.82) is 0 Å². The second-order valence-electron chi connectivity index (χ2n) is 16.5. The molecule has 336 valence electrons. The van der Waals surface area contributed by atoms with Crippen LogP contribution < -0.4 is 0 Å². The molecule has 0 atom stereocenters. The molecule has 3 heteroatoms. The Kier molecular flexibility index (Phi) is 46.4. The van der Waals surface area contributed by atoms with Crippen molar-refractivity contribution in [3.63, 3.8) is 0 Å². The van der Waals surface area contributed by atoms with Crippen molar-refractivity contribution in [1.82, 2.24) is 0 Å². The molecule has 2 aromatic rings. The molecule has 0 bridgehead atoms. The van der Waals surface area contributed by atoms with Gasteiger partial charge in [0, 0.05) is 0 Å². The third kappa shape index (κ3) is 34.9. The van der Waals surface area contributed by atoms with Crippen molar-refractivity contribution in [3.8, 4) is 0 Å². The molecule has 59 heavy (non-hydrogen) atoms. The van der Waals surface area contributed by atoms with E-state index >= 15 is 0 Å². The normalized spacial score (nSPS) is 11.0. The van der Waals surface area contributed by atoms with Crippen LogP contribution in [0.2, 0.25) is 0 Å². The van der Waals surface area contributed by atoms with Gasteiger partial charge in [-0.25, -0.2) is 0 Å². The molecule has 0 saturated carbocycles. The van der Waals surface area contributed by atoms with Crippen LogP contribution in [-0.4, -0.2) is 10.7 Å². The van der Waals surface area contributed by atoms with Crippen molar-refractivity contribution >= 4 is 11.4 Å². The van der Waals surface area contributed by atoms with E-state index in [0.29, 0.717) is 0 Å². The third-order valence-electron chi connectivity index (χ3n) is 11.0. The number of allylic oxidation sites excluding steroid dienone is 4. The molecule has 0 saturated heterocycles. The first-order chi connectivity index (χ1) is 28.5. The first-order valence-corrected chi connectivity index (χ1v) is 24.6. The van der Waals surface area contributed by atoms with Gasteiger partial charge < -0.3 is 19.4 Å². The van der Waals surface area contributed by atoms with Gasteiger partial charge in [0.15, 0.2) is 0 Å². The fourth-order valence-electron chi connectivity index (χ4n) is 7.35. The second-order valence-corrected chi connectivity index (χ2v) is 16.5. The Morgan fingerprint density at radius 3 is 1.54 bits per heavy atom. The Morgan fingerprint density at radius 1 is 0.559 bits per heavy atom. The largest absolute Gasteiger partial charge is 2.00 e. The fourth-order valence-corrected chi connectivity index (χ4v) is 7.35. The summed E-state index contributed by atoms with van der Waals surface area (Å²) in [7, 11) is 0. The number of hydrogen-bond donors (Lipinski definition) is 0. The summed E-state index contributed by atoms with van der Waals surface area (Å²) < 4.78 is 0. The van der Waals surface area contributed by atoms with Gasteiger partial charge in [-0.2, -0.15) is 12.8 Å². The number of aryl methyl sites for hydroxylation is 2. The Bertz CT molecular complexity index is 1320. The van der Waals surface area contributed by atoms with Gasteiger partial charge >= 0.3 is 16.5 Å². The van der Waals surface area contributed by atoms with Gasteiger partial charge in [0.1, 0.15) is 0 Å². The Balaban J connectivity index is 0. The molecule has 0 heterocycles. The van der Waals surface area contributed by atoms with Gasteiger partial charge in [-0.1, -0.05) is 236 Å². The third-order valence-corrected chi connectivity index (χ3v) is 11.0. The number of rotatable bonds is 33. The molecule has 0 fully saturated rings. The molecule has 0 aliphatic heterocycles. The summed E-state index contributed by atoms with van der Waals surface area (Å²) in [6.45, 7) is 18.7. The smallest absolute Gasteiger partial charge is 0.348 e. The van der Waals surface area contributed by atoms with Crippen molar-refractivity contribution in [2.24, 2.45) is 0 Å². The van der Waals surface area contributed by atoms with Gasteiger partial charge in [-0.3, -0.25) is 0 Å². The van der Waals surface area contributed by atoms with E-state index in [1.54, 1.807) is 6.08 Å². The standard InChI is InChI=1S/C38H54N2.2C9H19.Ni/c1-4-6-8-9-10-11-12-13-14-15-16-17-18-19-20-26-35-27-21-22-29-37(35)38(33(3)30-31-40-39)36-28-23-25-34(32-36)24-7-5-2;2*1-3-5-7-9-8-6-4-2;/h18-19,21-23,25,27-30,32H,4-17,20,24,26H2,1-3H3;2*1,3-9H2,2H3;/q;2*-1;+2. The van der Waals surface area contributed by atoms with Crippen LogP contribution in [0.3, 0.4) is 0 Å². The first-order valence-electron chi connectivity index (χ1n) is 24.6. The first kappa shape index (κ1) is 58.7. The predicted molar refractivity (Wildman–Crippen MR) is 262 cm³/mol. The zero-order valence-corrected chi connectivity index (χ0v) is 40.4. The van der Waals surface area contributed by atoms with Crippen LogP contribution in [0.15, 0.2) is 72.3 Å². The van der Waals surface area contributed by atoms with E-state index < -0.39 is 0 Å².